The smallest absolute Gasteiger partial charge is 0.244 e. The van der Waals surface area contributed by atoms with Crippen LogP contribution in [0.25, 0.3) is 0 Å². The van der Waals surface area contributed by atoms with Crippen molar-refractivity contribution in [1.82, 2.24) is 10.2 Å². The molecule has 2 aliphatic rings. The molecule has 3 nitrogen and oxygen atoms in total. The molecule has 0 bridgehead atoms. The van der Waals surface area contributed by atoms with Crippen LogP contribution in [0.15, 0.2) is 0 Å². The van der Waals surface area contributed by atoms with Crippen LogP contribution >= 0.6 is 0 Å². The predicted octanol–water partition coefficient (Wildman–Crippen LogP) is 3.39. The number of carbonyl (C=O) groups is 1. The lowest BCUT2D eigenvalue weighted by Crippen LogP contribution is -2.51. The summed E-state index contributed by atoms with van der Waals surface area (Å²) in [6, 6.07) is 0.423. The number of amides is 1. The van der Waals surface area contributed by atoms with Gasteiger partial charge in [-0.1, -0.05) is 34.6 Å². The summed E-state index contributed by atoms with van der Waals surface area (Å²) >= 11 is 0. The molecular weight excluding hydrogens is 248 g/mol. The zero-order valence-corrected chi connectivity index (χ0v) is 14.1. The van der Waals surface area contributed by atoms with E-state index in [0.717, 1.165) is 12.3 Å². The van der Waals surface area contributed by atoms with Crippen LogP contribution in [0.3, 0.4) is 0 Å². The van der Waals surface area contributed by atoms with E-state index in [0.29, 0.717) is 23.8 Å². The number of carbonyl (C=O) groups excluding carboxylic acids is 1. The van der Waals surface area contributed by atoms with Gasteiger partial charge in [0.15, 0.2) is 0 Å². The van der Waals surface area contributed by atoms with Crippen LogP contribution in [0.4, 0.5) is 0 Å². The minimum absolute atomic E-state index is 0.202. The molecule has 116 valence electrons. The van der Waals surface area contributed by atoms with Crippen molar-refractivity contribution in [2.75, 3.05) is 0 Å². The molecule has 20 heavy (non-hydrogen) atoms. The first-order valence-corrected chi connectivity index (χ1v) is 8.40. The van der Waals surface area contributed by atoms with Gasteiger partial charge in [0.25, 0.3) is 0 Å². The molecule has 0 aromatic carbocycles. The lowest BCUT2D eigenvalue weighted by molar-refractivity contribution is -0.137. The Labute approximate surface area is 124 Å². The van der Waals surface area contributed by atoms with E-state index >= 15 is 0 Å². The first-order chi connectivity index (χ1) is 9.30. The second-order valence-corrected chi connectivity index (χ2v) is 7.69. The summed E-state index contributed by atoms with van der Waals surface area (Å²) in [7, 11) is 0. The van der Waals surface area contributed by atoms with Gasteiger partial charge in [-0.2, -0.15) is 0 Å². The maximum Gasteiger partial charge on any atom is 0.244 e. The van der Waals surface area contributed by atoms with Gasteiger partial charge in [0.1, 0.15) is 0 Å². The van der Waals surface area contributed by atoms with Gasteiger partial charge in [0.2, 0.25) is 5.91 Å². The van der Waals surface area contributed by atoms with E-state index < -0.39 is 0 Å². The van der Waals surface area contributed by atoms with Gasteiger partial charge in [-0.25, -0.2) is 0 Å². The fraction of sp³-hybridized carbons (Fsp3) is 0.941. The Morgan fingerprint density at radius 1 is 1.35 bits per heavy atom. The van der Waals surface area contributed by atoms with E-state index in [4.69, 9.17) is 0 Å². The van der Waals surface area contributed by atoms with E-state index in [2.05, 4.69) is 51.8 Å². The molecule has 1 saturated carbocycles. The average molecular weight is 280 g/mol. The highest BCUT2D eigenvalue weighted by molar-refractivity contribution is 5.88. The van der Waals surface area contributed by atoms with Crippen LogP contribution in [-0.2, 0) is 4.79 Å². The molecular formula is C17H32N2O. The number of hydrogen-bond acceptors (Lipinski definition) is 2. The van der Waals surface area contributed by atoms with E-state index in [1.54, 1.807) is 0 Å². The van der Waals surface area contributed by atoms with Gasteiger partial charge in [0.05, 0.1) is 11.7 Å². The van der Waals surface area contributed by atoms with Crippen LogP contribution in [0, 0.1) is 17.8 Å². The number of hydrogen-bond donors (Lipinski definition) is 1. The van der Waals surface area contributed by atoms with Crippen molar-refractivity contribution in [2.24, 2.45) is 17.8 Å². The number of nitrogens with one attached hydrogen (secondary N) is 1. The van der Waals surface area contributed by atoms with E-state index in [-0.39, 0.29) is 11.7 Å². The lowest BCUT2D eigenvalue weighted by atomic mass is 9.78. The molecule has 2 fully saturated rings. The zero-order valence-electron chi connectivity index (χ0n) is 14.1. The van der Waals surface area contributed by atoms with Crippen molar-refractivity contribution in [3.05, 3.63) is 0 Å². The zero-order chi connectivity index (χ0) is 15.1. The molecule has 1 heterocycles. The summed E-state index contributed by atoms with van der Waals surface area (Å²) in [6.45, 7) is 13.3. The van der Waals surface area contributed by atoms with Crippen molar-refractivity contribution in [3.63, 3.8) is 0 Å². The second kappa shape index (κ2) is 5.67. The fourth-order valence-corrected chi connectivity index (χ4v) is 4.03. The molecule has 0 radical (unpaired) electrons. The average Bonchev–Trinajstić information content (AvgIpc) is 2.64. The van der Waals surface area contributed by atoms with Gasteiger partial charge in [-0.05, 0) is 50.4 Å². The summed E-state index contributed by atoms with van der Waals surface area (Å²) in [5, 5.41) is 3.62. The van der Waals surface area contributed by atoms with Crippen LogP contribution in [0.2, 0.25) is 0 Å². The van der Waals surface area contributed by atoms with Crippen molar-refractivity contribution in [1.29, 1.82) is 0 Å². The largest absolute Gasteiger partial charge is 0.322 e. The number of nitrogens with zero attached hydrogens (tertiary/aromatic N) is 1. The highest BCUT2D eigenvalue weighted by atomic mass is 16.2. The van der Waals surface area contributed by atoms with Gasteiger partial charge in [0, 0.05) is 6.04 Å². The third kappa shape index (κ3) is 2.61. The maximum absolute atomic E-state index is 13.0. The van der Waals surface area contributed by atoms with Crippen LogP contribution in [-0.4, -0.2) is 28.6 Å². The van der Waals surface area contributed by atoms with Crippen LogP contribution in [0.1, 0.15) is 67.2 Å². The van der Waals surface area contributed by atoms with Gasteiger partial charge >= 0.3 is 0 Å². The SMILES string of the molecule is CCC1(C)NC(C(C)C)N(C2CCC(C)CC2C)C1=O. The van der Waals surface area contributed by atoms with Crippen LogP contribution in [0.5, 0.6) is 0 Å². The monoisotopic (exact) mass is 280 g/mol. The Morgan fingerprint density at radius 2 is 2.00 bits per heavy atom. The van der Waals surface area contributed by atoms with Gasteiger partial charge in [-0.15, -0.1) is 0 Å². The highest BCUT2D eigenvalue weighted by Gasteiger charge is 2.51. The van der Waals surface area contributed by atoms with Gasteiger partial charge in [-0.3, -0.25) is 10.1 Å². The van der Waals surface area contributed by atoms with E-state index in [1.807, 2.05) is 0 Å². The third-order valence-electron chi connectivity index (χ3n) is 5.55. The van der Waals surface area contributed by atoms with E-state index in [9.17, 15) is 4.79 Å². The summed E-state index contributed by atoms with van der Waals surface area (Å²) in [5.41, 5.74) is -0.363. The molecule has 3 heteroatoms. The molecule has 2 rings (SSSR count). The molecule has 5 unspecified atom stereocenters. The molecule has 5 atom stereocenters. The lowest BCUT2D eigenvalue weighted by Gasteiger charge is -2.42. The third-order valence-corrected chi connectivity index (χ3v) is 5.55. The molecule has 1 saturated heterocycles. The summed E-state index contributed by atoms with van der Waals surface area (Å²) < 4.78 is 0. The van der Waals surface area contributed by atoms with Crippen molar-refractivity contribution >= 4 is 5.91 Å². The first-order valence-electron chi connectivity index (χ1n) is 8.40. The minimum atomic E-state index is -0.363. The predicted molar refractivity (Wildman–Crippen MR) is 83.3 cm³/mol. The summed E-state index contributed by atoms with van der Waals surface area (Å²) in [5.74, 6) is 2.20. The quantitative estimate of drug-likeness (QED) is 0.859. The normalized spacial score (nSPS) is 42.5. The Balaban J connectivity index is 2.25. The second-order valence-electron chi connectivity index (χ2n) is 7.69. The van der Waals surface area contributed by atoms with Crippen molar-refractivity contribution in [2.45, 2.75) is 85.0 Å². The van der Waals surface area contributed by atoms with Crippen molar-refractivity contribution in [3.8, 4) is 0 Å². The maximum atomic E-state index is 13.0. The van der Waals surface area contributed by atoms with Gasteiger partial charge < -0.3 is 4.90 Å². The molecule has 1 amide bonds. The fourth-order valence-electron chi connectivity index (χ4n) is 4.03. The molecule has 0 aromatic heterocycles. The summed E-state index contributed by atoms with van der Waals surface area (Å²) in [6.07, 6.45) is 4.74. The topological polar surface area (TPSA) is 32.3 Å². The summed E-state index contributed by atoms with van der Waals surface area (Å²) in [4.78, 5) is 15.2. The highest BCUT2D eigenvalue weighted by Crippen LogP contribution is 2.38. The van der Waals surface area contributed by atoms with E-state index in [1.165, 1.54) is 19.3 Å². The molecule has 1 aliphatic heterocycles. The van der Waals surface area contributed by atoms with Crippen LogP contribution < -0.4 is 5.32 Å². The molecule has 0 spiro atoms. The Bertz CT molecular complexity index is 368. The molecule has 1 N–H and O–H groups in total. The molecule has 1 aliphatic carbocycles. The molecule has 0 aromatic rings. The number of rotatable bonds is 3. The minimum Gasteiger partial charge on any atom is -0.322 e. The Morgan fingerprint density at radius 3 is 2.50 bits per heavy atom. The standard InChI is InChI=1S/C17H32N2O/c1-7-17(6)16(20)19(15(18-17)11(2)3)14-9-8-12(4)10-13(14)5/h11-15,18H,7-10H2,1-6H3. The Hall–Kier alpha value is -0.570. The Kier molecular flexibility index (Phi) is 4.48. The van der Waals surface area contributed by atoms with Crippen molar-refractivity contribution < 1.29 is 4.79 Å². The first kappa shape index (κ1) is 15.8.